The molecule has 29 heavy (non-hydrogen) atoms. The third-order valence-electron chi connectivity index (χ3n) is 4.54. The van der Waals surface area contributed by atoms with Gasteiger partial charge in [0.2, 0.25) is 17.5 Å². The number of ether oxygens (including phenoxy) is 1. The maximum absolute atomic E-state index is 12.7. The van der Waals surface area contributed by atoms with Gasteiger partial charge in [0.15, 0.2) is 6.10 Å². The van der Waals surface area contributed by atoms with Gasteiger partial charge in [-0.3, -0.25) is 9.89 Å². The molecular formula is C18H16F3N5O3. The van der Waals surface area contributed by atoms with Crippen molar-refractivity contribution in [2.75, 3.05) is 13.7 Å². The summed E-state index contributed by atoms with van der Waals surface area (Å²) in [6, 6.07) is 9.39. The molecule has 0 saturated heterocycles. The molecule has 0 fully saturated rings. The normalized spacial score (nSPS) is 15.2. The molecule has 1 amide bonds. The minimum Gasteiger partial charge on any atom is -0.442 e. The van der Waals surface area contributed by atoms with E-state index in [2.05, 4.69) is 15.1 Å². The van der Waals surface area contributed by atoms with E-state index < -0.39 is 29.8 Å². The zero-order valence-corrected chi connectivity index (χ0v) is 15.2. The SMILES string of the molecule is COC(c1ccccc1)c1nc2c(o1)CCN(C(=O)c1n[nH]c(C(F)(F)F)n1)C2. The van der Waals surface area contributed by atoms with Crippen molar-refractivity contribution in [2.45, 2.75) is 25.2 Å². The van der Waals surface area contributed by atoms with Gasteiger partial charge in [-0.05, 0) is 5.56 Å². The van der Waals surface area contributed by atoms with Crippen LogP contribution in [0.25, 0.3) is 0 Å². The van der Waals surface area contributed by atoms with Gasteiger partial charge in [0.05, 0.1) is 6.54 Å². The molecule has 1 aliphatic rings. The van der Waals surface area contributed by atoms with E-state index >= 15 is 0 Å². The summed E-state index contributed by atoms with van der Waals surface area (Å²) < 4.78 is 49.3. The number of carbonyl (C=O) groups is 1. The number of carbonyl (C=O) groups excluding carboxylic acids is 1. The lowest BCUT2D eigenvalue weighted by molar-refractivity contribution is -0.144. The summed E-state index contributed by atoms with van der Waals surface area (Å²) in [4.78, 5) is 21.5. The number of aromatic nitrogens is 4. The number of fused-ring (bicyclic) bond motifs is 1. The second-order valence-electron chi connectivity index (χ2n) is 6.43. The lowest BCUT2D eigenvalue weighted by Crippen LogP contribution is -2.36. The van der Waals surface area contributed by atoms with Gasteiger partial charge in [0.1, 0.15) is 11.5 Å². The molecule has 2 aromatic heterocycles. The van der Waals surface area contributed by atoms with E-state index in [9.17, 15) is 18.0 Å². The summed E-state index contributed by atoms with van der Waals surface area (Å²) >= 11 is 0. The summed E-state index contributed by atoms with van der Waals surface area (Å²) in [6.45, 7) is 0.331. The van der Waals surface area contributed by atoms with E-state index in [1.165, 1.54) is 12.0 Å². The Balaban J connectivity index is 1.53. The van der Waals surface area contributed by atoms with E-state index in [1.54, 1.807) is 5.10 Å². The highest BCUT2D eigenvalue weighted by Gasteiger charge is 2.37. The molecule has 4 rings (SSSR count). The smallest absolute Gasteiger partial charge is 0.442 e. The third-order valence-corrected chi connectivity index (χ3v) is 4.54. The first-order valence-corrected chi connectivity index (χ1v) is 8.72. The van der Waals surface area contributed by atoms with Crippen LogP contribution in [0.3, 0.4) is 0 Å². The summed E-state index contributed by atoms with van der Waals surface area (Å²) in [7, 11) is 1.54. The lowest BCUT2D eigenvalue weighted by Gasteiger charge is -2.23. The molecule has 1 aromatic carbocycles. The van der Waals surface area contributed by atoms with Gasteiger partial charge < -0.3 is 14.1 Å². The number of nitrogens with zero attached hydrogens (tertiary/aromatic N) is 4. The minimum atomic E-state index is -4.70. The molecule has 8 nitrogen and oxygen atoms in total. The number of benzene rings is 1. The van der Waals surface area contributed by atoms with Crippen molar-refractivity contribution in [3.63, 3.8) is 0 Å². The van der Waals surface area contributed by atoms with E-state index in [-0.39, 0.29) is 13.1 Å². The van der Waals surface area contributed by atoms with Crippen molar-refractivity contribution in [2.24, 2.45) is 0 Å². The number of oxazole rings is 1. The Hall–Kier alpha value is -3.21. The second kappa shape index (κ2) is 7.32. The molecule has 3 heterocycles. The standard InChI is InChI=1S/C18H16F3N5O3/c1-28-13(10-5-3-2-4-6-10)15-22-11-9-26(8-7-12(11)29-15)16(27)14-23-17(25-24-14)18(19,20)21/h2-6,13H,7-9H2,1H3,(H,23,24,25). The second-order valence-corrected chi connectivity index (χ2v) is 6.43. The zero-order valence-electron chi connectivity index (χ0n) is 15.2. The predicted molar refractivity (Wildman–Crippen MR) is 91.6 cm³/mol. The Morgan fingerprint density at radius 2 is 2.03 bits per heavy atom. The van der Waals surface area contributed by atoms with Crippen molar-refractivity contribution in [3.8, 4) is 0 Å². The number of halogens is 3. The summed E-state index contributed by atoms with van der Waals surface area (Å²) in [5, 5.41) is 5.13. The molecule has 11 heteroatoms. The molecule has 0 bridgehead atoms. The van der Waals surface area contributed by atoms with E-state index in [1.807, 2.05) is 30.3 Å². The quantitative estimate of drug-likeness (QED) is 0.714. The van der Waals surface area contributed by atoms with Crippen molar-refractivity contribution in [3.05, 3.63) is 64.9 Å². The molecule has 1 unspecified atom stereocenters. The number of hydrogen-bond acceptors (Lipinski definition) is 6. The summed E-state index contributed by atoms with van der Waals surface area (Å²) in [5.74, 6) is -1.59. The van der Waals surface area contributed by atoms with Crippen LogP contribution in [0.2, 0.25) is 0 Å². The van der Waals surface area contributed by atoms with Crippen LogP contribution in [0.4, 0.5) is 13.2 Å². The van der Waals surface area contributed by atoms with Crippen LogP contribution in [0, 0.1) is 0 Å². The number of nitrogens with one attached hydrogen (secondary N) is 1. The molecule has 1 aliphatic heterocycles. The first-order valence-electron chi connectivity index (χ1n) is 8.72. The van der Waals surface area contributed by atoms with Crippen molar-refractivity contribution >= 4 is 5.91 Å². The van der Waals surface area contributed by atoms with Crippen molar-refractivity contribution in [1.82, 2.24) is 25.1 Å². The van der Waals surface area contributed by atoms with E-state index in [4.69, 9.17) is 9.15 Å². The van der Waals surface area contributed by atoms with E-state index in [0.717, 1.165) is 5.56 Å². The van der Waals surface area contributed by atoms with E-state index in [0.29, 0.717) is 23.8 Å². The van der Waals surface area contributed by atoms with Crippen LogP contribution < -0.4 is 0 Å². The fraction of sp³-hybridized carbons (Fsp3) is 0.333. The maximum Gasteiger partial charge on any atom is 0.451 e. The highest BCUT2D eigenvalue weighted by Crippen LogP contribution is 2.30. The topological polar surface area (TPSA) is 97.1 Å². The van der Waals surface area contributed by atoms with Crippen molar-refractivity contribution in [1.29, 1.82) is 0 Å². The molecular weight excluding hydrogens is 391 g/mol. The predicted octanol–water partition coefficient (Wildman–Crippen LogP) is 2.75. The van der Waals surface area contributed by atoms with Gasteiger partial charge in [0.25, 0.3) is 5.91 Å². The van der Waals surface area contributed by atoms with Crippen LogP contribution in [-0.4, -0.2) is 44.6 Å². The van der Waals surface area contributed by atoms with Gasteiger partial charge in [-0.2, -0.15) is 18.2 Å². The van der Waals surface area contributed by atoms with Crippen molar-refractivity contribution < 1.29 is 27.1 Å². The third kappa shape index (κ3) is 3.73. The lowest BCUT2D eigenvalue weighted by atomic mass is 10.1. The molecule has 0 radical (unpaired) electrons. The number of H-pyrrole nitrogens is 1. The van der Waals surface area contributed by atoms with Gasteiger partial charge in [0, 0.05) is 20.1 Å². The highest BCUT2D eigenvalue weighted by molar-refractivity contribution is 5.90. The molecule has 0 aliphatic carbocycles. The van der Waals surface area contributed by atoms with Gasteiger partial charge in [-0.25, -0.2) is 4.98 Å². The molecule has 0 spiro atoms. The van der Waals surface area contributed by atoms with Crippen LogP contribution >= 0.6 is 0 Å². The van der Waals surface area contributed by atoms with Crippen LogP contribution in [-0.2, 0) is 23.9 Å². The average molecular weight is 407 g/mol. The maximum atomic E-state index is 12.7. The summed E-state index contributed by atoms with van der Waals surface area (Å²) in [6.07, 6.45) is -4.84. The number of methoxy groups -OCH3 is 1. The molecule has 152 valence electrons. The molecule has 3 aromatic rings. The van der Waals surface area contributed by atoms with Crippen LogP contribution in [0.1, 0.15) is 45.5 Å². The first-order chi connectivity index (χ1) is 13.9. The fourth-order valence-electron chi connectivity index (χ4n) is 3.14. The Morgan fingerprint density at radius 1 is 1.28 bits per heavy atom. The Morgan fingerprint density at radius 3 is 2.69 bits per heavy atom. The van der Waals surface area contributed by atoms with Gasteiger partial charge >= 0.3 is 6.18 Å². The molecule has 1 N–H and O–H groups in total. The number of hydrogen-bond donors (Lipinski definition) is 1. The molecule has 0 saturated carbocycles. The van der Waals surface area contributed by atoms with Gasteiger partial charge in [-0.1, -0.05) is 30.3 Å². The number of aromatic amines is 1. The largest absolute Gasteiger partial charge is 0.451 e. The fourth-order valence-corrected chi connectivity index (χ4v) is 3.14. The minimum absolute atomic E-state index is 0.0821. The average Bonchev–Trinajstić information content (AvgIpc) is 3.35. The zero-order chi connectivity index (χ0) is 20.6. The number of alkyl halides is 3. The van der Waals surface area contributed by atoms with Crippen LogP contribution in [0.5, 0.6) is 0 Å². The highest BCUT2D eigenvalue weighted by atomic mass is 19.4. The van der Waals surface area contributed by atoms with Crippen LogP contribution in [0.15, 0.2) is 34.7 Å². The summed E-state index contributed by atoms with van der Waals surface area (Å²) in [5.41, 5.74) is 1.39. The first kappa shape index (κ1) is 19.1. The Bertz CT molecular complexity index is 1020. The molecule has 1 atom stereocenters. The number of rotatable bonds is 4. The monoisotopic (exact) mass is 407 g/mol. The Labute approximate surface area is 162 Å². The Kier molecular flexibility index (Phi) is 4.82. The van der Waals surface area contributed by atoms with Gasteiger partial charge in [-0.15, -0.1) is 5.10 Å². The number of amides is 1.